The fraction of sp³-hybridized carbons (Fsp3) is 0.0909. The third kappa shape index (κ3) is 2.85. The van der Waals surface area contributed by atoms with E-state index in [4.69, 9.17) is 0 Å². The first kappa shape index (κ1) is 15.3. The minimum atomic E-state index is 0.0410. The van der Waals surface area contributed by atoms with Gasteiger partial charge in [-0.15, -0.1) is 0 Å². The van der Waals surface area contributed by atoms with E-state index >= 15 is 0 Å². The first-order valence-corrected chi connectivity index (χ1v) is 8.29. The van der Waals surface area contributed by atoms with Crippen LogP contribution in [0.1, 0.15) is 27.0 Å². The van der Waals surface area contributed by atoms with E-state index in [2.05, 4.69) is 9.97 Å². The van der Waals surface area contributed by atoms with Crippen LogP contribution in [0.25, 0.3) is 22.4 Å². The number of aromatic nitrogens is 2. The molecule has 0 spiro atoms. The normalized spacial score (nSPS) is 11.0. The summed E-state index contributed by atoms with van der Waals surface area (Å²) in [5.74, 6) is 0.852. The predicted octanol–water partition coefficient (Wildman–Crippen LogP) is 5.08. The number of carbonyl (C=O) groups excluding carboxylic acids is 1. The van der Waals surface area contributed by atoms with Crippen molar-refractivity contribution < 1.29 is 4.79 Å². The van der Waals surface area contributed by atoms with Gasteiger partial charge in [-0.05, 0) is 43.2 Å². The van der Waals surface area contributed by atoms with Gasteiger partial charge in [-0.25, -0.2) is 4.98 Å². The molecular weight excluding hydrogens is 308 g/mol. The molecule has 1 heterocycles. The van der Waals surface area contributed by atoms with Crippen LogP contribution in [0.15, 0.2) is 66.7 Å². The molecule has 3 nitrogen and oxygen atoms in total. The molecule has 25 heavy (non-hydrogen) atoms. The van der Waals surface area contributed by atoms with Crippen molar-refractivity contribution in [1.29, 1.82) is 0 Å². The van der Waals surface area contributed by atoms with E-state index in [1.807, 2.05) is 80.6 Å². The number of imidazole rings is 1. The number of fused-ring (bicyclic) bond motifs is 1. The number of aryl methyl sites for hydroxylation is 2. The maximum Gasteiger partial charge on any atom is 0.193 e. The molecule has 1 N–H and O–H groups in total. The van der Waals surface area contributed by atoms with Gasteiger partial charge in [0.15, 0.2) is 5.78 Å². The zero-order valence-electron chi connectivity index (χ0n) is 14.2. The van der Waals surface area contributed by atoms with Crippen molar-refractivity contribution in [2.45, 2.75) is 13.8 Å². The maximum absolute atomic E-state index is 12.7. The maximum atomic E-state index is 12.7. The Morgan fingerprint density at radius 2 is 1.56 bits per heavy atom. The number of hydrogen-bond acceptors (Lipinski definition) is 2. The van der Waals surface area contributed by atoms with Crippen LogP contribution in [0.3, 0.4) is 0 Å². The van der Waals surface area contributed by atoms with Crippen LogP contribution >= 0.6 is 0 Å². The number of hydrogen-bond donors (Lipinski definition) is 1. The standard InChI is InChI=1S/C22H18N2O/c1-14-7-8-18(13-15(14)2)21(25)16-9-11-17(12-10-16)22-23-19-5-3-4-6-20(19)24-22/h3-13H,1-2H3,(H,23,24). The lowest BCUT2D eigenvalue weighted by molar-refractivity contribution is 0.103. The van der Waals surface area contributed by atoms with Gasteiger partial charge in [-0.1, -0.05) is 48.5 Å². The molecule has 0 aliphatic rings. The van der Waals surface area contributed by atoms with E-state index < -0.39 is 0 Å². The lowest BCUT2D eigenvalue weighted by atomic mass is 9.98. The number of nitrogens with one attached hydrogen (secondary N) is 1. The van der Waals surface area contributed by atoms with E-state index in [-0.39, 0.29) is 5.78 Å². The van der Waals surface area contributed by atoms with Crippen LogP contribution < -0.4 is 0 Å². The molecule has 4 aromatic rings. The van der Waals surface area contributed by atoms with E-state index in [0.717, 1.165) is 33.5 Å². The predicted molar refractivity (Wildman–Crippen MR) is 101 cm³/mol. The Bertz CT molecular complexity index is 1040. The summed E-state index contributed by atoms with van der Waals surface area (Å²) in [5, 5.41) is 0. The fourth-order valence-electron chi connectivity index (χ4n) is 2.92. The van der Waals surface area contributed by atoms with Crippen LogP contribution in [-0.2, 0) is 0 Å². The van der Waals surface area contributed by atoms with E-state index in [0.29, 0.717) is 5.56 Å². The minimum absolute atomic E-state index is 0.0410. The highest BCUT2D eigenvalue weighted by Gasteiger charge is 2.11. The lowest BCUT2D eigenvalue weighted by Crippen LogP contribution is -2.02. The van der Waals surface area contributed by atoms with Crippen LogP contribution in [0, 0.1) is 13.8 Å². The lowest BCUT2D eigenvalue weighted by Gasteiger charge is -2.05. The van der Waals surface area contributed by atoms with Crippen molar-refractivity contribution in [3.05, 3.63) is 89.0 Å². The first-order valence-electron chi connectivity index (χ1n) is 8.29. The van der Waals surface area contributed by atoms with Gasteiger partial charge in [0.1, 0.15) is 5.82 Å². The van der Waals surface area contributed by atoms with Gasteiger partial charge < -0.3 is 4.98 Å². The zero-order chi connectivity index (χ0) is 17.4. The quantitative estimate of drug-likeness (QED) is 0.534. The van der Waals surface area contributed by atoms with Crippen LogP contribution in [0.4, 0.5) is 0 Å². The number of aromatic amines is 1. The third-order valence-electron chi connectivity index (χ3n) is 4.58. The molecule has 0 unspecified atom stereocenters. The van der Waals surface area contributed by atoms with Crippen molar-refractivity contribution in [3.8, 4) is 11.4 Å². The van der Waals surface area contributed by atoms with Crippen molar-refractivity contribution in [2.75, 3.05) is 0 Å². The summed E-state index contributed by atoms with van der Waals surface area (Å²) < 4.78 is 0. The van der Waals surface area contributed by atoms with Gasteiger partial charge in [-0.2, -0.15) is 0 Å². The highest BCUT2D eigenvalue weighted by Crippen LogP contribution is 2.22. The summed E-state index contributed by atoms with van der Waals surface area (Å²) in [7, 11) is 0. The summed E-state index contributed by atoms with van der Waals surface area (Å²) in [6.07, 6.45) is 0. The van der Waals surface area contributed by atoms with E-state index in [1.54, 1.807) is 0 Å². The van der Waals surface area contributed by atoms with Gasteiger partial charge in [-0.3, -0.25) is 4.79 Å². The molecular formula is C22H18N2O. The number of ketones is 1. The summed E-state index contributed by atoms with van der Waals surface area (Å²) in [6.45, 7) is 4.07. The largest absolute Gasteiger partial charge is 0.338 e. The van der Waals surface area contributed by atoms with Crippen molar-refractivity contribution in [1.82, 2.24) is 9.97 Å². The van der Waals surface area contributed by atoms with Crippen molar-refractivity contribution >= 4 is 16.8 Å². The Morgan fingerprint density at radius 3 is 2.28 bits per heavy atom. The average molecular weight is 326 g/mol. The number of carbonyl (C=O) groups is 1. The summed E-state index contributed by atoms with van der Waals surface area (Å²) in [6, 6.07) is 21.4. The molecule has 4 rings (SSSR count). The highest BCUT2D eigenvalue weighted by molar-refractivity contribution is 6.09. The fourth-order valence-corrected chi connectivity index (χ4v) is 2.92. The molecule has 0 bridgehead atoms. The molecule has 0 saturated carbocycles. The van der Waals surface area contributed by atoms with E-state index in [1.165, 1.54) is 5.56 Å². The molecule has 3 aromatic carbocycles. The van der Waals surface area contributed by atoms with E-state index in [9.17, 15) is 4.79 Å². The Hall–Kier alpha value is -3.20. The molecule has 0 aliphatic heterocycles. The molecule has 0 atom stereocenters. The summed E-state index contributed by atoms with van der Waals surface area (Å²) >= 11 is 0. The van der Waals surface area contributed by atoms with Crippen LogP contribution in [0.2, 0.25) is 0 Å². The first-order chi connectivity index (χ1) is 12.1. The van der Waals surface area contributed by atoms with Gasteiger partial charge in [0.25, 0.3) is 0 Å². The number of benzene rings is 3. The number of para-hydroxylation sites is 2. The molecule has 1 aromatic heterocycles. The topological polar surface area (TPSA) is 45.8 Å². The Labute approximate surface area is 146 Å². The molecule has 0 fully saturated rings. The van der Waals surface area contributed by atoms with Crippen LogP contribution in [-0.4, -0.2) is 15.8 Å². The summed E-state index contributed by atoms with van der Waals surface area (Å²) in [4.78, 5) is 20.6. The average Bonchev–Trinajstić information content (AvgIpc) is 3.08. The zero-order valence-corrected chi connectivity index (χ0v) is 14.2. The molecule has 0 aliphatic carbocycles. The smallest absolute Gasteiger partial charge is 0.193 e. The Morgan fingerprint density at radius 1 is 0.840 bits per heavy atom. The molecule has 0 radical (unpaired) electrons. The molecule has 122 valence electrons. The second-order valence-electron chi connectivity index (χ2n) is 6.31. The van der Waals surface area contributed by atoms with Gasteiger partial charge in [0.05, 0.1) is 11.0 Å². The monoisotopic (exact) mass is 326 g/mol. The number of H-pyrrole nitrogens is 1. The minimum Gasteiger partial charge on any atom is -0.338 e. The highest BCUT2D eigenvalue weighted by atomic mass is 16.1. The van der Waals surface area contributed by atoms with Gasteiger partial charge in [0.2, 0.25) is 0 Å². The SMILES string of the molecule is Cc1ccc(C(=O)c2ccc(-c3nc4ccccc4[nH]3)cc2)cc1C. The molecule has 3 heteroatoms. The van der Waals surface area contributed by atoms with Gasteiger partial charge >= 0.3 is 0 Å². The van der Waals surface area contributed by atoms with Crippen LogP contribution in [0.5, 0.6) is 0 Å². The number of nitrogens with zero attached hydrogens (tertiary/aromatic N) is 1. The summed E-state index contributed by atoms with van der Waals surface area (Å²) in [5.41, 5.74) is 6.64. The van der Waals surface area contributed by atoms with Crippen molar-refractivity contribution in [3.63, 3.8) is 0 Å². The Balaban J connectivity index is 1.65. The van der Waals surface area contributed by atoms with Crippen molar-refractivity contribution in [2.24, 2.45) is 0 Å². The van der Waals surface area contributed by atoms with Gasteiger partial charge in [0, 0.05) is 16.7 Å². The third-order valence-corrected chi connectivity index (χ3v) is 4.58. The second-order valence-corrected chi connectivity index (χ2v) is 6.31. The molecule has 0 saturated heterocycles. The number of rotatable bonds is 3. The second kappa shape index (κ2) is 6.02. The Kier molecular flexibility index (Phi) is 3.69. The molecule has 0 amide bonds.